The van der Waals surface area contributed by atoms with Crippen molar-refractivity contribution in [2.45, 2.75) is 98.3 Å². The summed E-state index contributed by atoms with van der Waals surface area (Å²) in [6.45, 7) is 9.40. The maximum Gasteiger partial charge on any atom is -0.0357 e. The molecular weight excluding hydrogens is 192 g/mol. The standard InChI is InChI=1S/C16H34/c1-5-7-8-9-10-11-12-13-14-15-16(3,4)6-2/h5-15H2,1-4H3. The minimum Gasteiger partial charge on any atom is -0.0654 e. The number of hydrogen-bond acceptors (Lipinski definition) is 0. The molecule has 0 N–H and O–H groups in total. The van der Waals surface area contributed by atoms with Crippen LogP contribution in [-0.2, 0) is 0 Å². The van der Waals surface area contributed by atoms with Gasteiger partial charge in [-0.3, -0.25) is 0 Å². The normalized spacial score (nSPS) is 12.0. The van der Waals surface area contributed by atoms with Gasteiger partial charge in [-0.2, -0.15) is 0 Å². The van der Waals surface area contributed by atoms with E-state index >= 15 is 0 Å². The van der Waals surface area contributed by atoms with Gasteiger partial charge < -0.3 is 0 Å². The van der Waals surface area contributed by atoms with Gasteiger partial charge in [0.2, 0.25) is 0 Å². The summed E-state index contributed by atoms with van der Waals surface area (Å²) in [4.78, 5) is 0. The Morgan fingerprint density at radius 2 is 1.06 bits per heavy atom. The van der Waals surface area contributed by atoms with E-state index in [1.807, 2.05) is 0 Å². The molecule has 0 aromatic carbocycles. The van der Waals surface area contributed by atoms with Crippen LogP contribution in [0.4, 0.5) is 0 Å². The van der Waals surface area contributed by atoms with Crippen LogP contribution < -0.4 is 0 Å². The van der Waals surface area contributed by atoms with Crippen LogP contribution in [0.1, 0.15) is 98.3 Å². The summed E-state index contributed by atoms with van der Waals surface area (Å²) in [5, 5.41) is 0. The quantitative estimate of drug-likeness (QED) is 0.360. The van der Waals surface area contributed by atoms with Crippen LogP contribution in [0.15, 0.2) is 0 Å². The van der Waals surface area contributed by atoms with Crippen molar-refractivity contribution in [2.24, 2.45) is 5.41 Å². The predicted octanol–water partition coefficient (Wildman–Crippen LogP) is 6.34. The third-order valence-corrected chi connectivity index (χ3v) is 3.91. The molecule has 0 spiro atoms. The molecule has 0 aliphatic carbocycles. The Labute approximate surface area is 104 Å². The Balaban J connectivity index is 3.10. The minimum absolute atomic E-state index is 0.584. The molecule has 0 fully saturated rings. The number of hydrogen-bond donors (Lipinski definition) is 0. The highest BCUT2D eigenvalue weighted by Gasteiger charge is 2.13. The van der Waals surface area contributed by atoms with E-state index in [2.05, 4.69) is 27.7 Å². The third-order valence-electron chi connectivity index (χ3n) is 3.91. The molecular formula is C16H34. The summed E-state index contributed by atoms with van der Waals surface area (Å²) in [7, 11) is 0. The second kappa shape index (κ2) is 10.2. The zero-order chi connectivity index (χ0) is 12.3. The first-order valence-corrected chi connectivity index (χ1v) is 7.62. The molecule has 0 rings (SSSR count). The summed E-state index contributed by atoms with van der Waals surface area (Å²) in [6.07, 6.45) is 15.8. The van der Waals surface area contributed by atoms with Crippen molar-refractivity contribution in [3.63, 3.8) is 0 Å². The van der Waals surface area contributed by atoms with Crippen LogP contribution in [0, 0.1) is 5.41 Å². The van der Waals surface area contributed by atoms with Crippen molar-refractivity contribution < 1.29 is 0 Å². The molecule has 0 atom stereocenters. The Bertz CT molecular complexity index is 135. The second-order valence-electron chi connectivity index (χ2n) is 6.10. The Kier molecular flexibility index (Phi) is 10.2. The zero-order valence-electron chi connectivity index (χ0n) is 12.3. The fourth-order valence-electron chi connectivity index (χ4n) is 2.09. The van der Waals surface area contributed by atoms with Gasteiger partial charge in [0.1, 0.15) is 0 Å². The molecule has 0 heteroatoms. The van der Waals surface area contributed by atoms with Gasteiger partial charge in [-0.1, -0.05) is 91.9 Å². The SMILES string of the molecule is CCCCCCCCCCCC(C)(C)CC. The Morgan fingerprint density at radius 1 is 0.625 bits per heavy atom. The van der Waals surface area contributed by atoms with E-state index in [4.69, 9.17) is 0 Å². The van der Waals surface area contributed by atoms with Crippen molar-refractivity contribution >= 4 is 0 Å². The molecule has 0 saturated heterocycles. The van der Waals surface area contributed by atoms with Gasteiger partial charge in [0.05, 0.1) is 0 Å². The summed E-state index contributed by atoms with van der Waals surface area (Å²) in [5.41, 5.74) is 0.584. The van der Waals surface area contributed by atoms with Crippen molar-refractivity contribution in [3.8, 4) is 0 Å². The lowest BCUT2D eigenvalue weighted by atomic mass is 9.84. The highest BCUT2D eigenvalue weighted by Crippen LogP contribution is 2.27. The van der Waals surface area contributed by atoms with Crippen LogP contribution >= 0.6 is 0 Å². The van der Waals surface area contributed by atoms with Gasteiger partial charge in [0, 0.05) is 0 Å². The van der Waals surface area contributed by atoms with E-state index in [9.17, 15) is 0 Å². The number of unbranched alkanes of at least 4 members (excludes halogenated alkanes) is 8. The second-order valence-corrected chi connectivity index (χ2v) is 6.10. The summed E-state index contributed by atoms with van der Waals surface area (Å²) in [5.74, 6) is 0. The smallest absolute Gasteiger partial charge is 0.0357 e. The van der Waals surface area contributed by atoms with E-state index in [-0.39, 0.29) is 0 Å². The van der Waals surface area contributed by atoms with Crippen molar-refractivity contribution in [2.75, 3.05) is 0 Å². The molecule has 0 aliphatic rings. The molecule has 0 saturated carbocycles. The predicted molar refractivity (Wildman–Crippen MR) is 75.9 cm³/mol. The van der Waals surface area contributed by atoms with Crippen molar-refractivity contribution in [1.82, 2.24) is 0 Å². The topological polar surface area (TPSA) is 0 Å². The molecule has 0 radical (unpaired) electrons. The summed E-state index contributed by atoms with van der Waals surface area (Å²) < 4.78 is 0. The largest absolute Gasteiger partial charge is 0.0654 e. The molecule has 0 nitrogen and oxygen atoms in total. The van der Waals surface area contributed by atoms with Gasteiger partial charge in [0.15, 0.2) is 0 Å². The van der Waals surface area contributed by atoms with Crippen LogP contribution in [-0.4, -0.2) is 0 Å². The molecule has 0 bridgehead atoms. The van der Waals surface area contributed by atoms with E-state index in [1.54, 1.807) is 0 Å². The molecule has 0 aromatic rings. The lowest BCUT2D eigenvalue weighted by Gasteiger charge is -2.22. The lowest BCUT2D eigenvalue weighted by molar-refractivity contribution is 0.307. The lowest BCUT2D eigenvalue weighted by Crippen LogP contribution is -2.08. The molecule has 0 unspecified atom stereocenters. The maximum atomic E-state index is 2.40. The first-order chi connectivity index (χ1) is 7.62. The monoisotopic (exact) mass is 226 g/mol. The molecule has 0 aromatic heterocycles. The first kappa shape index (κ1) is 16.0. The van der Waals surface area contributed by atoms with Crippen LogP contribution in [0.3, 0.4) is 0 Å². The Morgan fingerprint density at radius 3 is 1.50 bits per heavy atom. The average Bonchev–Trinajstić information content (AvgIpc) is 2.27. The van der Waals surface area contributed by atoms with E-state index in [0.717, 1.165) is 0 Å². The fourth-order valence-corrected chi connectivity index (χ4v) is 2.09. The van der Waals surface area contributed by atoms with Gasteiger partial charge in [-0.15, -0.1) is 0 Å². The van der Waals surface area contributed by atoms with Gasteiger partial charge >= 0.3 is 0 Å². The maximum absolute atomic E-state index is 2.40. The van der Waals surface area contributed by atoms with E-state index < -0.39 is 0 Å². The molecule has 98 valence electrons. The van der Waals surface area contributed by atoms with Gasteiger partial charge in [-0.05, 0) is 11.8 Å². The number of rotatable bonds is 11. The molecule has 16 heavy (non-hydrogen) atoms. The first-order valence-electron chi connectivity index (χ1n) is 7.62. The van der Waals surface area contributed by atoms with Crippen molar-refractivity contribution in [3.05, 3.63) is 0 Å². The summed E-state index contributed by atoms with van der Waals surface area (Å²) >= 11 is 0. The Hall–Kier alpha value is 0. The van der Waals surface area contributed by atoms with E-state index in [0.29, 0.717) is 5.41 Å². The molecule has 0 aliphatic heterocycles. The van der Waals surface area contributed by atoms with Crippen LogP contribution in [0.2, 0.25) is 0 Å². The van der Waals surface area contributed by atoms with E-state index in [1.165, 1.54) is 70.6 Å². The fraction of sp³-hybridized carbons (Fsp3) is 1.00. The zero-order valence-corrected chi connectivity index (χ0v) is 12.3. The van der Waals surface area contributed by atoms with Gasteiger partial charge in [0.25, 0.3) is 0 Å². The summed E-state index contributed by atoms with van der Waals surface area (Å²) in [6, 6.07) is 0. The van der Waals surface area contributed by atoms with Crippen molar-refractivity contribution in [1.29, 1.82) is 0 Å². The highest BCUT2D eigenvalue weighted by molar-refractivity contribution is 4.65. The molecule has 0 amide bonds. The molecule has 0 heterocycles. The third kappa shape index (κ3) is 10.5. The average molecular weight is 226 g/mol. The van der Waals surface area contributed by atoms with Crippen LogP contribution in [0.5, 0.6) is 0 Å². The minimum atomic E-state index is 0.584. The van der Waals surface area contributed by atoms with Crippen LogP contribution in [0.25, 0.3) is 0 Å². The van der Waals surface area contributed by atoms with Gasteiger partial charge in [-0.25, -0.2) is 0 Å². The highest BCUT2D eigenvalue weighted by atomic mass is 14.2.